The van der Waals surface area contributed by atoms with Crippen molar-refractivity contribution < 1.29 is 4.79 Å². The Kier molecular flexibility index (Phi) is 6.66. The average molecular weight is 300 g/mol. The van der Waals surface area contributed by atoms with Gasteiger partial charge in [-0.05, 0) is 12.0 Å². The molecule has 1 aliphatic rings. The van der Waals surface area contributed by atoms with Crippen molar-refractivity contribution in [3.63, 3.8) is 0 Å². The predicted molar refractivity (Wildman–Crippen MR) is 92.6 cm³/mol. The Morgan fingerprint density at radius 1 is 1.18 bits per heavy atom. The largest absolute Gasteiger partial charge is 0.340 e. The summed E-state index contributed by atoms with van der Waals surface area (Å²) in [6.07, 6.45) is 6.46. The maximum Gasteiger partial charge on any atom is 0.225 e. The molecule has 0 bridgehead atoms. The molecular formula is C19H28N2O. The van der Waals surface area contributed by atoms with E-state index in [1.54, 1.807) is 0 Å². The Labute approximate surface area is 134 Å². The van der Waals surface area contributed by atoms with Crippen molar-refractivity contribution in [1.29, 1.82) is 0 Å². The number of carbonyl (C=O) groups is 1. The second kappa shape index (κ2) is 8.74. The summed E-state index contributed by atoms with van der Waals surface area (Å²) in [5.74, 6) is 0.510. The summed E-state index contributed by atoms with van der Waals surface area (Å²) in [4.78, 5) is 16.7. The third-order valence-electron chi connectivity index (χ3n) is 4.30. The summed E-state index contributed by atoms with van der Waals surface area (Å²) in [5, 5.41) is 0. The van der Waals surface area contributed by atoms with Gasteiger partial charge in [-0.15, -0.1) is 0 Å². The molecule has 1 saturated heterocycles. The van der Waals surface area contributed by atoms with Crippen molar-refractivity contribution in [2.45, 2.75) is 26.7 Å². The van der Waals surface area contributed by atoms with E-state index < -0.39 is 0 Å². The van der Waals surface area contributed by atoms with E-state index in [4.69, 9.17) is 0 Å². The van der Waals surface area contributed by atoms with Gasteiger partial charge in [-0.2, -0.15) is 0 Å². The van der Waals surface area contributed by atoms with E-state index in [0.717, 1.165) is 45.6 Å². The molecule has 0 radical (unpaired) electrons. The lowest BCUT2D eigenvalue weighted by molar-refractivity contribution is -0.136. The van der Waals surface area contributed by atoms with E-state index in [-0.39, 0.29) is 5.92 Å². The molecule has 1 aromatic carbocycles. The summed E-state index contributed by atoms with van der Waals surface area (Å²) in [5.41, 5.74) is 1.24. The topological polar surface area (TPSA) is 23.6 Å². The molecule has 0 aromatic heterocycles. The number of amides is 1. The van der Waals surface area contributed by atoms with E-state index in [9.17, 15) is 4.79 Å². The average Bonchev–Trinajstić information content (AvgIpc) is 2.56. The van der Waals surface area contributed by atoms with Crippen LogP contribution >= 0.6 is 0 Å². The molecule has 1 unspecified atom stereocenters. The molecule has 22 heavy (non-hydrogen) atoms. The summed E-state index contributed by atoms with van der Waals surface area (Å²) < 4.78 is 0. The van der Waals surface area contributed by atoms with Crippen LogP contribution in [0.5, 0.6) is 0 Å². The fraction of sp³-hybridized carbons (Fsp3) is 0.526. The molecule has 1 aliphatic heterocycles. The first kappa shape index (κ1) is 16.8. The monoisotopic (exact) mass is 300 g/mol. The molecule has 3 nitrogen and oxygen atoms in total. The number of nitrogens with zero attached hydrogens (tertiary/aromatic N) is 2. The van der Waals surface area contributed by atoms with Crippen LogP contribution in [0.25, 0.3) is 6.08 Å². The first-order valence-electron chi connectivity index (χ1n) is 8.43. The number of hydrogen-bond donors (Lipinski definition) is 0. The van der Waals surface area contributed by atoms with E-state index in [0.29, 0.717) is 5.91 Å². The summed E-state index contributed by atoms with van der Waals surface area (Å²) in [6.45, 7) is 8.84. The summed E-state index contributed by atoms with van der Waals surface area (Å²) in [6, 6.07) is 10.4. The third-order valence-corrected chi connectivity index (χ3v) is 4.30. The third kappa shape index (κ3) is 4.99. The molecule has 1 aromatic rings. The van der Waals surface area contributed by atoms with Crippen LogP contribution in [-0.4, -0.2) is 48.4 Å². The molecule has 0 aliphatic carbocycles. The van der Waals surface area contributed by atoms with Gasteiger partial charge in [-0.1, -0.05) is 62.8 Å². The molecule has 2 rings (SSSR count). The number of hydrogen-bond acceptors (Lipinski definition) is 2. The molecule has 0 spiro atoms. The Morgan fingerprint density at radius 3 is 2.50 bits per heavy atom. The van der Waals surface area contributed by atoms with Gasteiger partial charge in [0.1, 0.15) is 0 Å². The fourth-order valence-corrected chi connectivity index (χ4v) is 2.92. The molecular weight excluding hydrogens is 272 g/mol. The molecule has 1 atom stereocenters. The van der Waals surface area contributed by atoms with Crippen LogP contribution < -0.4 is 0 Å². The van der Waals surface area contributed by atoms with Crippen LogP contribution in [-0.2, 0) is 4.79 Å². The fourth-order valence-electron chi connectivity index (χ4n) is 2.92. The molecule has 1 amide bonds. The van der Waals surface area contributed by atoms with Gasteiger partial charge in [0.15, 0.2) is 0 Å². The zero-order chi connectivity index (χ0) is 15.8. The van der Waals surface area contributed by atoms with Crippen LogP contribution in [0.15, 0.2) is 36.4 Å². The molecule has 1 heterocycles. The van der Waals surface area contributed by atoms with Gasteiger partial charge in [0, 0.05) is 38.6 Å². The van der Waals surface area contributed by atoms with Gasteiger partial charge in [-0.3, -0.25) is 9.69 Å². The SMILES string of the molecule is CCCC(C)C(=O)N1CCN(CC=Cc2ccccc2)CC1. The Balaban J connectivity index is 1.73. The maximum atomic E-state index is 12.3. The van der Waals surface area contributed by atoms with Gasteiger partial charge in [-0.25, -0.2) is 0 Å². The lowest BCUT2D eigenvalue weighted by Crippen LogP contribution is -2.50. The first-order chi connectivity index (χ1) is 10.7. The van der Waals surface area contributed by atoms with Crippen LogP contribution in [0.2, 0.25) is 0 Å². The minimum atomic E-state index is 0.175. The molecule has 1 fully saturated rings. The normalized spacial score (nSPS) is 17.8. The maximum absolute atomic E-state index is 12.3. The Hall–Kier alpha value is -1.61. The van der Waals surface area contributed by atoms with Gasteiger partial charge in [0.2, 0.25) is 5.91 Å². The van der Waals surface area contributed by atoms with Gasteiger partial charge < -0.3 is 4.90 Å². The minimum absolute atomic E-state index is 0.175. The second-order valence-corrected chi connectivity index (χ2v) is 6.13. The van der Waals surface area contributed by atoms with Gasteiger partial charge >= 0.3 is 0 Å². The molecule has 3 heteroatoms. The number of piperazine rings is 1. The highest BCUT2D eigenvalue weighted by Gasteiger charge is 2.23. The van der Waals surface area contributed by atoms with Crippen molar-refractivity contribution in [2.75, 3.05) is 32.7 Å². The van der Waals surface area contributed by atoms with Crippen LogP contribution in [0, 0.1) is 5.92 Å². The highest BCUT2D eigenvalue weighted by atomic mass is 16.2. The van der Waals surface area contributed by atoms with E-state index in [1.165, 1.54) is 5.56 Å². The molecule has 0 saturated carbocycles. The van der Waals surface area contributed by atoms with Gasteiger partial charge in [0.25, 0.3) is 0 Å². The van der Waals surface area contributed by atoms with E-state index >= 15 is 0 Å². The van der Waals surface area contributed by atoms with Crippen LogP contribution in [0.1, 0.15) is 32.3 Å². The molecule has 120 valence electrons. The van der Waals surface area contributed by atoms with Crippen molar-refractivity contribution in [2.24, 2.45) is 5.92 Å². The Bertz CT molecular complexity index is 475. The highest BCUT2D eigenvalue weighted by Crippen LogP contribution is 2.12. The van der Waals surface area contributed by atoms with Crippen molar-refractivity contribution in [1.82, 2.24) is 9.80 Å². The first-order valence-corrected chi connectivity index (χ1v) is 8.43. The number of rotatable bonds is 6. The quantitative estimate of drug-likeness (QED) is 0.805. The second-order valence-electron chi connectivity index (χ2n) is 6.13. The smallest absolute Gasteiger partial charge is 0.225 e. The van der Waals surface area contributed by atoms with Crippen molar-refractivity contribution in [3.05, 3.63) is 42.0 Å². The molecule has 0 N–H and O–H groups in total. The lowest BCUT2D eigenvalue weighted by Gasteiger charge is -2.35. The van der Waals surface area contributed by atoms with Gasteiger partial charge in [0.05, 0.1) is 0 Å². The predicted octanol–water partition coefficient (Wildman–Crippen LogP) is 3.28. The summed E-state index contributed by atoms with van der Waals surface area (Å²) in [7, 11) is 0. The van der Waals surface area contributed by atoms with Crippen molar-refractivity contribution >= 4 is 12.0 Å². The van der Waals surface area contributed by atoms with Crippen LogP contribution in [0.4, 0.5) is 0 Å². The number of carbonyl (C=O) groups excluding carboxylic acids is 1. The summed E-state index contributed by atoms with van der Waals surface area (Å²) >= 11 is 0. The standard InChI is InChI=1S/C19H28N2O/c1-3-8-17(2)19(22)21-15-13-20(14-16-21)12-7-11-18-9-5-4-6-10-18/h4-7,9-11,17H,3,8,12-16H2,1-2H3. The van der Waals surface area contributed by atoms with E-state index in [1.807, 2.05) is 11.0 Å². The zero-order valence-electron chi connectivity index (χ0n) is 13.9. The zero-order valence-corrected chi connectivity index (χ0v) is 13.9. The minimum Gasteiger partial charge on any atom is -0.340 e. The lowest BCUT2D eigenvalue weighted by atomic mass is 10.0. The number of benzene rings is 1. The Morgan fingerprint density at radius 2 is 1.86 bits per heavy atom. The van der Waals surface area contributed by atoms with Crippen LogP contribution in [0.3, 0.4) is 0 Å². The van der Waals surface area contributed by atoms with Crippen molar-refractivity contribution in [3.8, 4) is 0 Å². The highest BCUT2D eigenvalue weighted by molar-refractivity contribution is 5.78. The van der Waals surface area contributed by atoms with E-state index in [2.05, 4.69) is 55.2 Å².